The summed E-state index contributed by atoms with van der Waals surface area (Å²) in [6, 6.07) is 0. The number of nitrogens with zero attached hydrogens (tertiary/aromatic N) is 1. The first-order valence-electron chi connectivity index (χ1n) is 7.06. The van der Waals surface area contributed by atoms with Crippen molar-refractivity contribution < 1.29 is 13.8 Å². The van der Waals surface area contributed by atoms with Gasteiger partial charge in [-0.15, -0.1) is 4.78 Å². The molecule has 1 fully saturated rings. The molecule has 2 unspecified atom stereocenters. The first-order valence-corrected chi connectivity index (χ1v) is 10.4. The zero-order chi connectivity index (χ0) is 17.1. The Morgan fingerprint density at radius 1 is 1.36 bits per heavy atom. The molecule has 0 aliphatic heterocycles. The molecule has 1 rings (SSSR count). The molecular formula is C13H23Cl2N2O3PS. The molecule has 0 bridgehead atoms. The van der Waals surface area contributed by atoms with Crippen LogP contribution in [-0.4, -0.2) is 30.9 Å². The van der Waals surface area contributed by atoms with Gasteiger partial charge in [0, 0.05) is 7.05 Å². The zero-order valence-electron chi connectivity index (χ0n) is 13.4. The topological polar surface area (TPSA) is 50.8 Å². The minimum atomic E-state index is -2.70. The fourth-order valence-corrected chi connectivity index (χ4v) is 4.77. The van der Waals surface area contributed by atoms with Crippen LogP contribution in [0.4, 0.5) is 0 Å². The monoisotopic (exact) mass is 388 g/mol. The maximum absolute atomic E-state index is 12.5. The maximum atomic E-state index is 12.5. The number of rotatable bonds is 8. The number of amides is 1. The first-order chi connectivity index (χ1) is 10.1. The van der Waals surface area contributed by atoms with Crippen molar-refractivity contribution in [2.45, 2.75) is 27.7 Å². The molecule has 5 nitrogen and oxygen atoms in total. The lowest BCUT2D eigenvalue weighted by Gasteiger charge is -2.30. The summed E-state index contributed by atoms with van der Waals surface area (Å²) in [5.74, 6) is -0.353. The fraction of sp³-hybridized carbons (Fsp3) is 0.769. The van der Waals surface area contributed by atoms with E-state index < -0.39 is 6.64 Å². The Balaban J connectivity index is 2.76. The molecule has 0 aromatic carbocycles. The standard InChI is InChI=1S/C13H23Cl2N2O3PS/c1-6-19-21(22,20-7-2)17(5)16-12(18)11-9(8-10(14)15)13(11,3)4/h8-9,11H,6-7H2,1-5H3,(H,16,18). The van der Waals surface area contributed by atoms with Crippen LogP contribution in [0.25, 0.3) is 0 Å². The average molecular weight is 389 g/mol. The molecule has 128 valence electrons. The summed E-state index contributed by atoms with van der Waals surface area (Å²) < 4.78 is 12.7. The molecule has 22 heavy (non-hydrogen) atoms. The van der Waals surface area contributed by atoms with E-state index in [1.54, 1.807) is 13.1 Å². The Kier molecular flexibility index (Phi) is 7.34. The van der Waals surface area contributed by atoms with E-state index in [1.165, 1.54) is 4.78 Å². The molecule has 0 aromatic heterocycles. The predicted molar refractivity (Wildman–Crippen MR) is 94.0 cm³/mol. The lowest BCUT2D eigenvalue weighted by molar-refractivity contribution is -0.126. The summed E-state index contributed by atoms with van der Waals surface area (Å²) in [6.07, 6.45) is 1.70. The summed E-state index contributed by atoms with van der Waals surface area (Å²) >= 11 is 16.8. The lowest BCUT2D eigenvalue weighted by atomic mass is 10.1. The van der Waals surface area contributed by atoms with E-state index in [1.807, 2.05) is 27.7 Å². The van der Waals surface area contributed by atoms with Gasteiger partial charge in [0.25, 0.3) is 6.64 Å². The van der Waals surface area contributed by atoms with Crippen LogP contribution in [0.15, 0.2) is 10.6 Å². The molecule has 2 atom stereocenters. The van der Waals surface area contributed by atoms with Gasteiger partial charge in [0.1, 0.15) is 4.49 Å². The summed E-state index contributed by atoms with van der Waals surface area (Å²) in [7, 11) is 1.67. The molecule has 1 aliphatic carbocycles. The second-order valence-electron chi connectivity index (χ2n) is 5.58. The minimum Gasteiger partial charge on any atom is -0.317 e. The van der Waals surface area contributed by atoms with Crippen LogP contribution in [0.2, 0.25) is 0 Å². The third-order valence-corrected chi connectivity index (χ3v) is 7.35. The van der Waals surface area contributed by atoms with Gasteiger partial charge in [-0.25, -0.2) is 0 Å². The second-order valence-corrected chi connectivity index (χ2v) is 10.0. The minimum absolute atomic E-state index is 0.00272. The van der Waals surface area contributed by atoms with Crippen molar-refractivity contribution in [3.63, 3.8) is 0 Å². The number of carbonyl (C=O) groups excluding carboxylic acids is 1. The molecule has 1 amide bonds. The smallest absolute Gasteiger partial charge is 0.281 e. The number of carbonyl (C=O) groups is 1. The van der Waals surface area contributed by atoms with Crippen LogP contribution in [0.5, 0.6) is 0 Å². The highest BCUT2D eigenvalue weighted by molar-refractivity contribution is 8.08. The fourth-order valence-electron chi connectivity index (χ4n) is 2.45. The Hall–Kier alpha value is 0.320. The lowest BCUT2D eigenvalue weighted by Crippen LogP contribution is -2.39. The van der Waals surface area contributed by atoms with Crippen LogP contribution < -0.4 is 5.43 Å². The molecule has 0 aromatic rings. The van der Waals surface area contributed by atoms with E-state index in [2.05, 4.69) is 5.43 Å². The van der Waals surface area contributed by atoms with Crippen LogP contribution >= 0.6 is 29.8 Å². The molecule has 1 saturated carbocycles. The van der Waals surface area contributed by atoms with Crippen molar-refractivity contribution in [3.05, 3.63) is 10.6 Å². The largest absolute Gasteiger partial charge is 0.317 e. The number of nitrogens with one attached hydrogen (secondary N) is 1. The Bertz CT molecular complexity index is 488. The van der Waals surface area contributed by atoms with Crippen molar-refractivity contribution in [2.24, 2.45) is 17.3 Å². The van der Waals surface area contributed by atoms with E-state index in [9.17, 15) is 4.79 Å². The van der Waals surface area contributed by atoms with Crippen LogP contribution in [0, 0.1) is 17.3 Å². The van der Waals surface area contributed by atoms with Crippen molar-refractivity contribution >= 4 is 47.6 Å². The molecular weight excluding hydrogens is 366 g/mol. The molecule has 0 radical (unpaired) electrons. The van der Waals surface area contributed by atoms with Crippen LogP contribution in [-0.2, 0) is 25.6 Å². The summed E-state index contributed by atoms with van der Waals surface area (Å²) in [5.41, 5.74) is 2.59. The van der Waals surface area contributed by atoms with E-state index >= 15 is 0 Å². The Labute approximate surface area is 147 Å². The van der Waals surface area contributed by atoms with Gasteiger partial charge in [-0.1, -0.05) is 37.0 Å². The van der Waals surface area contributed by atoms with Gasteiger partial charge in [0.15, 0.2) is 0 Å². The van der Waals surface area contributed by atoms with Crippen molar-refractivity contribution in [1.29, 1.82) is 0 Å². The number of allylic oxidation sites excluding steroid dienone is 1. The SMILES string of the molecule is CCOP(=S)(OCC)N(C)NC(=O)C1C(C=C(Cl)Cl)C1(C)C. The third-order valence-electron chi connectivity index (χ3n) is 3.72. The van der Waals surface area contributed by atoms with E-state index in [4.69, 9.17) is 44.1 Å². The predicted octanol–water partition coefficient (Wildman–Crippen LogP) is 3.84. The second kappa shape index (κ2) is 7.93. The summed E-state index contributed by atoms with van der Waals surface area (Å²) in [4.78, 5) is 12.5. The third kappa shape index (κ3) is 4.67. The van der Waals surface area contributed by atoms with Gasteiger partial charge < -0.3 is 9.05 Å². The molecule has 9 heteroatoms. The van der Waals surface area contributed by atoms with Gasteiger partial charge in [-0.05, 0) is 43.1 Å². The van der Waals surface area contributed by atoms with E-state index in [-0.39, 0.29) is 27.6 Å². The van der Waals surface area contributed by atoms with E-state index in [0.717, 1.165) is 0 Å². The van der Waals surface area contributed by atoms with Gasteiger partial charge in [0.2, 0.25) is 5.91 Å². The summed E-state index contributed by atoms with van der Waals surface area (Å²) in [5, 5.41) is 0. The van der Waals surface area contributed by atoms with E-state index in [0.29, 0.717) is 13.2 Å². The quantitative estimate of drug-likeness (QED) is 0.505. The van der Waals surface area contributed by atoms with Crippen LogP contribution in [0.1, 0.15) is 27.7 Å². The van der Waals surface area contributed by atoms with Crippen molar-refractivity contribution in [1.82, 2.24) is 10.2 Å². The molecule has 0 saturated heterocycles. The first kappa shape index (κ1) is 20.4. The Morgan fingerprint density at radius 2 is 1.86 bits per heavy atom. The number of hydrogen-bond acceptors (Lipinski definition) is 4. The molecule has 1 aliphatic rings. The van der Waals surface area contributed by atoms with Gasteiger partial charge >= 0.3 is 0 Å². The van der Waals surface area contributed by atoms with Crippen molar-refractivity contribution in [2.75, 3.05) is 20.3 Å². The summed E-state index contributed by atoms with van der Waals surface area (Å²) in [6.45, 7) is 5.80. The number of halogens is 2. The molecule has 0 heterocycles. The molecule has 0 spiro atoms. The molecule has 1 N–H and O–H groups in total. The number of hydrogen-bond donors (Lipinski definition) is 1. The average Bonchev–Trinajstić information content (AvgIpc) is 2.90. The van der Waals surface area contributed by atoms with Gasteiger partial charge in [0.05, 0.1) is 19.1 Å². The zero-order valence-corrected chi connectivity index (χ0v) is 16.7. The highest BCUT2D eigenvalue weighted by Crippen LogP contribution is 2.60. The van der Waals surface area contributed by atoms with Gasteiger partial charge in [-0.2, -0.15) is 0 Å². The van der Waals surface area contributed by atoms with Crippen LogP contribution in [0.3, 0.4) is 0 Å². The number of hydrazine groups is 1. The highest BCUT2D eigenvalue weighted by Gasteiger charge is 2.61. The highest BCUT2D eigenvalue weighted by atomic mass is 35.5. The normalized spacial score (nSPS) is 23.3. The van der Waals surface area contributed by atoms with Crippen molar-refractivity contribution in [3.8, 4) is 0 Å². The Morgan fingerprint density at radius 3 is 2.27 bits per heavy atom. The maximum Gasteiger partial charge on any atom is 0.281 e. The van der Waals surface area contributed by atoms with Gasteiger partial charge in [-0.3, -0.25) is 10.2 Å².